The van der Waals surface area contributed by atoms with Gasteiger partial charge in [0.15, 0.2) is 0 Å². The molecule has 1 N–H and O–H groups in total. The molecule has 2 rings (SSSR count). The van der Waals surface area contributed by atoms with E-state index in [0.717, 1.165) is 38.2 Å². The summed E-state index contributed by atoms with van der Waals surface area (Å²) in [6, 6.07) is 0.426. The SMILES string of the molecule is CC(C)(C)OC(=O)N1CCC(NCc2csnn2)CC1. The van der Waals surface area contributed by atoms with E-state index in [1.807, 2.05) is 26.2 Å². The van der Waals surface area contributed by atoms with Crippen molar-refractivity contribution >= 4 is 17.6 Å². The molecule has 1 aliphatic heterocycles. The maximum atomic E-state index is 11.9. The number of carbonyl (C=O) groups excluding carboxylic acids is 1. The third kappa shape index (κ3) is 4.72. The first-order chi connectivity index (χ1) is 9.44. The van der Waals surface area contributed by atoms with Gasteiger partial charge >= 0.3 is 6.09 Å². The number of carbonyl (C=O) groups is 1. The number of likely N-dealkylation sites (tertiary alicyclic amines) is 1. The molecule has 0 saturated carbocycles. The number of ether oxygens (including phenoxy) is 1. The summed E-state index contributed by atoms with van der Waals surface area (Å²) in [5.74, 6) is 0. The molecule has 1 aromatic rings. The van der Waals surface area contributed by atoms with E-state index in [1.54, 1.807) is 4.90 Å². The van der Waals surface area contributed by atoms with Gasteiger partial charge in [-0.1, -0.05) is 4.49 Å². The normalized spacial score (nSPS) is 17.2. The van der Waals surface area contributed by atoms with Crippen LogP contribution in [0.3, 0.4) is 0 Å². The molecule has 2 heterocycles. The number of aromatic nitrogens is 2. The van der Waals surface area contributed by atoms with Crippen LogP contribution in [0.4, 0.5) is 4.79 Å². The average molecular weight is 298 g/mol. The summed E-state index contributed by atoms with van der Waals surface area (Å²) >= 11 is 1.37. The Labute approximate surface area is 123 Å². The van der Waals surface area contributed by atoms with Crippen molar-refractivity contribution in [3.05, 3.63) is 11.1 Å². The van der Waals surface area contributed by atoms with Crippen molar-refractivity contribution in [3.63, 3.8) is 0 Å². The molecule has 1 aliphatic rings. The van der Waals surface area contributed by atoms with Crippen molar-refractivity contribution in [1.29, 1.82) is 0 Å². The predicted molar refractivity (Wildman–Crippen MR) is 77.6 cm³/mol. The first kappa shape index (κ1) is 15.2. The van der Waals surface area contributed by atoms with Gasteiger partial charge in [0.25, 0.3) is 0 Å². The minimum atomic E-state index is -0.427. The molecule has 0 bridgehead atoms. The molecule has 0 aliphatic carbocycles. The van der Waals surface area contributed by atoms with E-state index < -0.39 is 5.60 Å². The fourth-order valence-electron chi connectivity index (χ4n) is 2.10. The molecule has 7 heteroatoms. The van der Waals surface area contributed by atoms with Crippen LogP contribution in [0.1, 0.15) is 39.3 Å². The zero-order valence-electron chi connectivity index (χ0n) is 12.3. The molecule has 1 saturated heterocycles. The van der Waals surface area contributed by atoms with E-state index in [4.69, 9.17) is 4.74 Å². The topological polar surface area (TPSA) is 67.3 Å². The number of hydrogen-bond acceptors (Lipinski definition) is 6. The predicted octanol–water partition coefficient (Wildman–Crippen LogP) is 2.03. The van der Waals surface area contributed by atoms with Crippen molar-refractivity contribution in [2.45, 2.75) is 51.8 Å². The van der Waals surface area contributed by atoms with Crippen LogP contribution in [0.5, 0.6) is 0 Å². The number of nitrogens with zero attached hydrogens (tertiary/aromatic N) is 3. The Kier molecular flexibility index (Phi) is 4.93. The molecule has 0 aromatic carbocycles. The second-order valence-corrected chi connectivity index (χ2v) is 6.63. The van der Waals surface area contributed by atoms with Crippen molar-refractivity contribution in [2.24, 2.45) is 0 Å². The van der Waals surface area contributed by atoms with Crippen LogP contribution in [0.15, 0.2) is 5.38 Å². The smallest absolute Gasteiger partial charge is 0.410 e. The summed E-state index contributed by atoms with van der Waals surface area (Å²) in [7, 11) is 0. The highest BCUT2D eigenvalue weighted by Gasteiger charge is 2.26. The summed E-state index contributed by atoms with van der Waals surface area (Å²) in [6.45, 7) is 7.89. The fourth-order valence-corrected chi connectivity index (χ4v) is 2.55. The van der Waals surface area contributed by atoms with Crippen molar-refractivity contribution in [2.75, 3.05) is 13.1 Å². The summed E-state index contributed by atoms with van der Waals surface area (Å²) in [5.41, 5.74) is 0.550. The van der Waals surface area contributed by atoms with Crippen LogP contribution in [0.25, 0.3) is 0 Å². The summed E-state index contributed by atoms with van der Waals surface area (Å²) < 4.78 is 9.22. The van der Waals surface area contributed by atoms with Gasteiger partial charge in [-0.2, -0.15) is 0 Å². The summed E-state index contributed by atoms with van der Waals surface area (Å²) in [5, 5.41) is 9.41. The van der Waals surface area contributed by atoms with Gasteiger partial charge in [-0.25, -0.2) is 4.79 Å². The minimum Gasteiger partial charge on any atom is -0.444 e. The zero-order valence-corrected chi connectivity index (χ0v) is 13.1. The maximum Gasteiger partial charge on any atom is 0.410 e. The lowest BCUT2D eigenvalue weighted by atomic mass is 10.1. The lowest BCUT2D eigenvalue weighted by molar-refractivity contribution is 0.0198. The monoisotopic (exact) mass is 298 g/mol. The fraction of sp³-hybridized carbons (Fsp3) is 0.769. The first-order valence-corrected chi connectivity index (χ1v) is 7.75. The van der Waals surface area contributed by atoms with Crippen LogP contribution in [0.2, 0.25) is 0 Å². The van der Waals surface area contributed by atoms with E-state index in [2.05, 4.69) is 14.9 Å². The van der Waals surface area contributed by atoms with Gasteiger partial charge in [0.2, 0.25) is 0 Å². The van der Waals surface area contributed by atoms with Gasteiger partial charge in [0, 0.05) is 31.1 Å². The Hall–Kier alpha value is -1.21. The van der Waals surface area contributed by atoms with Crippen LogP contribution in [-0.2, 0) is 11.3 Å². The zero-order chi connectivity index (χ0) is 14.6. The van der Waals surface area contributed by atoms with Crippen molar-refractivity contribution in [1.82, 2.24) is 19.8 Å². The minimum absolute atomic E-state index is 0.209. The lowest BCUT2D eigenvalue weighted by Gasteiger charge is -2.33. The first-order valence-electron chi connectivity index (χ1n) is 6.91. The number of amides is 1. The van der Waals surface area contributed by atoms with Gasteiger partial charge < -0.3 is 15.0 Å². The van der Waals surface area contributed by atoms with Gasteiger partial charge in [0.1, 0.15) is 5.60 Å². The molecule has 0 spiro atoms. The maximum absolute atomic E-state index is 11.9. The van der Waals surface area contributed by atoms with E-state index >= 15 is 0 Å². The lowest BCUT2D eigenvalue weighted by Crippen LogP contribution is -2.46. The highest BCUT2D eigenvalue weighted by atomic mass is 32.1. The van der Waals surface area contributed by atoms with E-state index in [1.165, 1.54) is 11.5 Å². The summed E-state index contributed by atoms with van der Waals surface area (Å²) in [4.78, 5) is 13.7. The van der Waals surface area contributed by atoms with E-state index in [-0.39, 0.29) is 6.09 Å². The second-order valence-electron chi connectivity index (χ2n) is 6.02. The van der Waals surface area contributed by atoms with Crippen LogP contribution in [-0.4, -0.2) is 45.3 Å². The molecular weight excluding hydrogens is 276 g/mol. The molecule has 6 nitrogen and oxygen atoms in total. The molecule has 1 aromatic heterocycles. The molecule has 112 valence electrons. The Morgan fingerprint density at radius 3 is 2.75 bits per heavy atom. The summed E-state index contributed by atoms with van der Waals surface area (Å²) in [6.07, 6.45) is 1.67. The molecule has 0 radical (unpaired) electrons. The van der Waals surface area contributed by atoms with Crippen LogP contribution < -0.4 is 5.32 Å². The van der Waals surface area contributed by atoms with Crippen LogP contribution in [0, 0.1) is 0 Å². The molecule has 1 amide bonds. The highest BCUT2D eigenvalue weighted by molar-refractivity contribution is 7.03. The quantitative estimate of drug-likeness (QED) is 0.925. The Bertz CT molecular complexity index is 422. The molecule has 0 unspecified atom stereocenters. The average Bonchev–Trinajstić information content (AvgIpc) is 2.88. The third-order valence-electron chi connectivity index (χ3n) is 3.12. The number of hydrogen-bond donors (Lipinski definition) is 1. The van der Waals surface area contributed by atoms with Crippen LogP contribution >= 0.6 is 11.5 Å². The van der Waals surface area contributed by atoms with Gasteiger partial charge in [0.05, 0.1) is 5.69 Å². The Morgan fingerprint density at radius 2 is 2.20 bits per heavy atom. The van der Waals surface area contributed by atoms with Gasteiger partial charge in [-0.15, -0.1) is 5.10 Å². The largest absolute Gasteiger partial charge is 0.444 e. The molecule has 1 fully saturated rings. The Morgan fingerprint density at radius 1 is 1.50 bits per heavy atom. The van der Waals surface area contributed by atoms with Crippen molar-refractivity contribution in [3.8, 4) is 0 Å². The van der Waals surface area contributed by atoms with Crippen molar-refractivity contribution < 1.29 is 9.53 Å². The second kappa shape index (κ2) is 6.49. The number of rotatable bonds is 3. The molecular formula is C13H22N4O2S. The van der Waals surface area contributed by atoms with Gasteiger partial charge in [-0.05, 0) is 45.1 Å². The van der Waals surface area contributed by atoms with E-state index in [9.17, 15) is 4.79 Å². The molecule has 0 atom stereocenters. The van der Waals surface area contributed by atoms with Gasteiger partial charge in [-0.3, -0.25) is 0 Å². The molecule has 20 heavy (non-hydrogen) atoms. The Balaban J connectivity index is 1.71. The third-order valence-corrected chi connectivity index (χ3v) is 3.68. The highest BCUT2D eigenvalue weighted by Crippen LogP contribution is 2.15. The standard InChI is InChI=1S/C13H22N4O2S/c1-13(2,3)19-12(18)17-6-4-10(5-7-17)14-8-11-9-20-16-15-11/h9-10,14H,4-8H2,1-3H3. The van der Waals surface area contributed by atoms with E-state index in [0.29, 0.717) is 6.04 Å². The number of piperidine rings is 1. The number of nitrogens with one attached hydrogen (secondary N) is 1.